The molecule has 3 aromatic rings. The van der Waals surface area contributed by atoms with Crippen molar-refractivity contribution in [2.24, 2.45) is 0 Å². The molecule has 0 aliphatic carbocycles. The van der Waals surface area contributed by atoms with Crippen molar-refractivity contribution in [2.75, 3.05) is 13.1 Å². The number of Topliss-reactive ketones (excluding diaryl/α,β-unsaturated/α-hetero) is 1. The van der Waals surface area contributed by atoms with E-state index in [1.165, 1.54) is 15.4 Å². The molecule has 0 aromatic heterocycles. The second kappa shape index (κ2) is 10.5. The molecule has 1 heterocycles. The van der Waals surface area contributed by atoms with Crippen molar-refractivity contribution in [3.63, 3.8) is 0 Å². The van der Waals surface area contributed by atoms with Gasteiger partial charge in [0.2, 0.25) is 10.0 Å². The summed E-state index contributed by atoms with van der Waals surface area (Å²) >= 11 is 0. The first-order chi connectivity index (χ1) is 16.8. The number of carbonyl (C=O) groups is 1. The topological polar surface area (TPSA) is 54.5 Å². The first-order valence-electron chi connectivity index (χ1n) is 12.0. The number of ketones is 1. The highest BCUT2D eigenvalue weighted by Gasteiger charge is 2.34. The summed E-state index contributed by atoms with van der Waals surface area (Å²) in [5.74, 6) is -0.112. The summed E-state index contributed by atoms with van der Waals surface area (Å²) in [7, 11) is -3.77. The lowest BCUT2D eigenvalue weighted by molar-refractivity contribution is -0.113. The van der Waals surface area contributed by atoms with Crippen LogP contribution in [0.4, 0.5) is 0 Å². The monoisotopic (exact) mass is 485 g/mol. The Kier molecular flexibility index (Phi) is 7.48. The molecule has 0 amide bonds. The Hall–Kier alpha value is -3.28. The Morgan fingerprint density at radius 3 is 1.54 bits per heavy atom. The van der Waals surface area contributed by atoms with E-state index in [9.17, 15) is 13.2 Å². The minimum Gasteiger partial charge on any atom is -0.289 e. The van der Waals surface area contributed by atoms with E-state index in [-0.39, 0.29) is 23.8 Å². The number of carbonyl (C=O) groups excluding carboxylic acids is 1. The van der Waals surface area contributed by atoms with Gasteiger partial charge in [0.25, 0.3) is 0 Å². The molecule has 0 spiro atoms. The molecular formula is C30H31NO3S. The van der Waals surface area contributed by atoms with Crippen LogP contribution in [0.3, 0.4) is 0 Å². The second-order valence-corrected chi connectivity index (χ2v) is 10.9. The molecule has 180 valence electrons. The summed E-state index contributed by atoms with van der Waals surface area (Å²) in [4.78, 5) is 13.7. The van der Waals surface area contributed by atoms with Crippen molar-refractivity contribution in [1.29, 1.82) is 0 Å². The average Bonchev–Trinajstić information content (AvgIpc) is 2.87. The van der Waals surface area contributed by atoms with E-state index in [0.717, 1.165) is 29.5 Å². The van der Waals surface area contributed by atoms with Crippen molar-refractivity contribution in [2.45, 2.75) is 38.5 Å². The lowest BCUT2D eigenvalue weighted by Crippen LogP contribution is -2.41. The second-order valence-electron chi connectivity index (χ2n) is 8.94. The summed E-state index contributed by atoms with van der Waals surface area (Å²) in [5.41, 5.74) is 6.10. The number of hydrogen-bond acceptors (Lipinski definition) is 3. The van der Waals surface area contributed by atoms with Gasteiger partial charge in [0.05, 0.1) is 4.90 Å². The lowest BCUT2D eigenvalue weighted by Gasteiger charge is -2.29. The number of nitrogens with zero attached hydrogens (tertiary/aromatic N) is 1. The van der Waals surface area contributed by atoms with E-state index in [2.05, 4.69) is 13.8 Å². The highest BCUT2D eigenvalue weighted by molar-refractivity contribution is 7.89. The van der Waals surface area contributed by atoms with Gasteiger partial charge < -0.3 is 0 Å². The van der Waals surface area contributed by atoms with E-state index in [4.69, 9.17) is 0 Å². The molecule has 1 fully saturated rings. The molecule has 1 saturated heterocycles. The summed E-state index contributed by atoms with van der Waals surface area (Å²) < 4.78 is 28.5. The molecule has 0 N–H and O–H groups in total. The van der Waals surface area contributed by atoms with Crippen LogP contribution in [0, 0.1) is 6.92 Å². The normalized spacial score (nSPS) is 17.3. The summed E-state index contributed by atoms with van der Waals surface area (Å²) in [6, 6.07) is 22.9. The Balaban J connectivity index is 1.75. The minimum absolute atomic E-state index is 0.0384. The van der Waals surface area contributed by atoms with Gasteiger partial charge in [-0.25, -0.2) is 8.42 Å². The zero-order valence-corrected chi connectivity index (χ0v) is 21.3. The fourth-order valence-electron chi connectivity index (χ4n) is 4.14. The van der Waals surface area contributed by atoms with Crippen LogP contribution < -0.4 is 0 Å². The average molecular weight is 486 g/mol. The molecule has 3 aromatic carbocycles. The quantitative estimate of drug-likeness (QED) is 0.411. The van der Waals surface area contributed by atoms with Crippen molar-refractivity contribution >= 4 is 28.0 Å². The van der Waals surface area contributed by atoms with Crippen LogP contribution in [0.5, 0.6) is 0 Å². The van der Waals surface area contributed by atoms with Gasteiger partial charge in [0.15, 0.2) is 5.78 Å². The van der Waals surface area contributed by atoms with Crippen molar-refractivity contribution in [3.05, 3.63) is 112 Å². The first-order valence-corrected chi connectivity index (χ1v) is 13.4. The van der Waals surface area contributed by atoms with Gasteiger partial charge in [-0.15, -0.1) is 0 Å². The molecule has 4 rings (SSSR count). The fourth-order valence-corrected chi connectivity index (χ4v) is 5.54. The number of piperidine rings is 1. The van der Waals surface area contributed by atoms with E-state index < -0.39 is 10.0 Å². The number of benzene rings is 3. The smallest absolute Gasteiger partial charge is 0.243 e. The zero-order valence-electron chi connectivity index (χ0n) is 20.5. The maximum Gasteiger partial charge on any atom is 0.243 e. The predicted molar refractivity (Wildman–Crippen MR) is 143 cm³/mol. The van der Waals surface area contributed by atoms with Gasteiger partial charge >= 0.3 is 0 Å². The molecule has 35 heavy (non-hydrogen) atoms. The molecule has 0 saturated carbocycles. The van der Waals surface area contributed by atoms with Crippen LogP contribution in [-0.2, 0) is 27.7 Å². The van der Waals surface area contributed by atoms with Crippen LogP contribution >= 0.6 is 0 Å². The highest BCUT2D eigenvalue weighted by atomic mass is 32.2. The summed E-state index contributed by atoms with van der Waals surface area (Å²) in [5, 5.41) is 0. The third-order valence-electron chi connectivity index (χ3n) is 6.39. The SMILES string of the molecule is CCc1ccc(/C=C2\CN(S(=O)(=O)c3ccc(C)cc3)C/C(=C\c3ccc(CC)cc3)C2=O)cc1. The van der Waals surface area contributed by atoms with Gasteiger partial charge in [0.1, 0.15) is 0 Å². The minimum atomic E-state index is -3.77. The van der Waals surface area contributed by atoms with Crippen molar-refractivity contribution < 1.29 is 13.2 Å². The molecule has 0 bridgehead atoms. The largest absolute Gasteiger partial charge is 0.289 e. The number of aryl methyl sites for hydroxylation is 3. The van der Waals surface area contributed by atoms with Crippen LogP contribution in [-0.4, -0.2) is 31.6 Å². The molecule has 0 atom stereocenters. The van der Waals surface area contributed by atoms with Gasteiger partial charge in [0, 0.05) is 24.2 Å². The van der Waals surface area contributed by atoms with Gasteiger partial charge in [-0.3, -0.25) is 4.79 Å². The Labute approximate surface area is 208 Å². The predicted octanol–water partition coefficient (Wildman–Crippen LogP) is 5.86. The van der Waals surface area contributed by atoms with E-state index in [1.807, 2.05) is 67.6 Å². The maximum atomic E-state index is 13.5. The zero-order chi connectivity index (χ0) is 25.0. The fraction of sp³-hybridized carbons (Fsp3) is 0.233. The third-order valence-corrected chi connectivity index (χ3v) is 8.20. The van der Waals surface area contributed by atoms with E-state index >= 15 is 0 Å². The molecule has 0 radical (unpaired) electrons. The number of hydrogen-bond donors (Lipinski definition) is 0. The van der Waals surface area contributed by atoms with E-state index in [1.54, 1.807) is 24.3 Å². The Morgan fingerprint density at radius 1 is 0.714 bits per heavy atom. The van der Waals surface area contributed by atoms with Crippen LogP contribution in [0.25, 0.3) is 12.2 Å². The molecule has 5 heteroatoms. The lowest BCUT2D eigenvalue weighted by atomic mass is 9.95. The van der Waals surface area contributed by atoms with Crippen LogP contribution in [0.15, 0.2) is 88.8 Å². The van der Waals surface area contributed by atoms with Crippen molar-refractivity contribution in [3.8, 4) is 0 Å². The van der Waals surface area contributed by atoms with Crippen LogP contribution in [0.2, 0.25) is 0 Å². The molecule has 4 nitrogen and oxygen atoms in total. The number of rotatable bonds is 6. The third kappa shape index (κ3) is 5.69. The Morgan fingerprint density at radius 2 is 1.14 bits per heavy atom. The first kappa shape index (κ1) is 24.8. The Bertz CT molecular complexity index is 1300. The molecular weight excluding hydrogens is 454 g/mol. The summed E-state index contributed by atoms with van der Waals surface area (Å²) in [6.07, 6.45) is 5.49. The van der Waals surface area contributed by atoms with E-state index in [0.29, 0.717) is 11.1 Å². The highest BCUT2D eigenvalue weighted by Crippen LogP contribution is 2.27. The molecule has 1 aliphatic rings. The van der Waals surface area contributed by atoms with Gasteiger partial charge in [-0.05, 0) is 66.3 Å². The number of sulfonamides is 1. The maximum absolute atomic E-state index is 13.5. The van der Waals surface area contributed by atoms with Gasteiger partial charge in [-0.2, -0.15) is 4.31 Å². The standard InChI is InChI=1S/C30H31NO3S/c1-4-23-8-12-25(13-9-23)18-27-20-31(35(33,34)29-16-6-22(3)7-17-29)21-28(30(27)32)19-26-14-10-24(5-2)11-15-26/h6-19H,4-5,20-21H2,1-3H3/b27-18+,28-19+. The molecule has 0 unspecified atom stereocenters. The van der Waals surface area contributed by atoms with Crippen LogP contribution in [0.1, 0.15) is 41.7 Å². The summed E-state index contributed by atoms with van der Waals surface area (Å²) in [6.45, 7) is 6.19. The van der Waals surface area contributed by atoms with Gasteiger partial charge in [-0.1, -0.05) is 80.1 Å². The van der Waals surface area contributed by atoms with Crippen molar-refractivity contribution in [1.82, 2.24) is 4.31 Å². The molecule has 1 aliphatic heterocycles.